The molecule has 1 aromatic heterocycles. The molecule has 0 spiro atoms. The first-order chi connectivity index (χ1) is 18.8. The molecule has 1 atom stereocenters. The second kappa shape index (κ2) is 13.0. The third kappa shape index (κ3) is 7.85. The molecule has 18 heteroatoms. The highest BCUT2D eigenvalue weighted by molar-refractivity contribution is 7.80. The fourth-order valence-electron chi connectivity index (χ4n) is 3.43. The molecule has 2 aromatic rings. The van der Waals surface area contributed by atoms with Gasteiger partial charge < -0.3 is 32.1 Å². The lowest BCUT2D eigenvalue weighted by Crippen LogP contribution is -2.76. The molecule has 8 N–H and O–H groups in total. The van der Waals surface area contributed by atoms with Crippen molar-refractivity contribution in [2.45, 2.75) is 31.8 Å². The van der Waals surface area contributed by atoms with E-state index in [1.807, 2.05) is 0 Å². The van der Waals surface area contributed by atoms with Gasteiger partial charge in [0.15, 0.2) is 17.5 Å². The van der Waals surface area contributed by atoms with Crippen molar-refractivity contribution < 1.29 is 36.4 Å². The van der Waals surface area contributed by atoms with Crippen LogP contribution in [0, 0.1) is 0 Å². The molecule has 40 heavy (non-hydrogen) atoms. The van der Waals surface area contributed by atoms with Crippen molar-refractivity contribution in [1.29, 1.82) is 0 Å². The largest absolute Gasteiger partial charge is 0.490 e. The van der Waals surface area contributed by atoms with Crippen molar-refractivity contribution in [2.24, 2.45) is 21.6 Å². The number of nitrogens with zero attached hydrogens (tertiary/aromatic N) is 4. The molecule has 218 valence electrons. The zero-order valence-electron chi connectivity index (χ0n) is 21.6. The number of ether oxygens (including phenoxy) is 1. The van der Waals surface area contributed by atoms with Gasteiger partial charge in [-0.15, -0.1) is 15.6 Å². The summed E-state index contributed by atoms with van der Waals surface area (Å²) in [7, 11) is -4.95. The number of nitrogens with one attached hydrogen (secondary N) is 1. The van der Waals surface area contributed by atoms with Gasteiger partial charge in [0.05, 0.1) is 5.54 Å². The van der Waals surface area contributed by atoms with Crippen LogP contribution in [0.2, 0.25) is 0 Å². The highest BCUT2D eigenvalue weighted by Crippen LogP contribution is 2.33. The molecule has 1 aliphatic rings. The summed E-state index contributed by atoms with van der Waals surface area (Å²) >= 11 is 1.06. The minimum atomic E-state index is -4.95. The van der Waals surface area contributed by atoms with E-state index >= 15 is 0 Å². The van der Waals surface area contributed by atoms with Crippen molar-refractivity contribution in [1.82, 2.24) is 15.4 Å². The van der Waals surface area contributed by atoms with E-state index in [0.29, 0.717) is 29.7 Å². The number of hydrogen-bond donors (Lipinski definition) is 5. The Hall–Kier alpha value is -3.84. The summed E-state index contributed by atoms with van der Waals surface area (Å²) < 4.78 is 40.8. The maximum atomic E-state index is 13.0. The molecule has 1 unspecified atom stereocenters. The van der Waals surface area contributed by atoms with E-state index in [1.54, 1.807) is 24.3 Å². The van der Waals surface area contributed by atoms with E-state index < -0.39 is 33.8 Å². The first kappa shape index (κ1) is 30.7. The number of benzene rings is 1. The van der Waals surface area contributed by atoms with Crippen LogP contribution in [0.25, 0.3) is 0 Å². The highest BCUT2D eigenvalue weighted by atomic mass is 32.3. The van der Waals surface area contributed by atoms with E-state index in [2.05, 4.69) is 24.7 Å². The standard InChI is InChI=1S/C22H30N8O8S2/c1-22(2)17(20(32)30(22)38-40(33,34)35)28-19(31)16(15-12-39-21(25)27-15)29-37-11-10-36-14-6-4-13(5-7-14)18(24)26-9-3-8-23/h4-7,12,17H,3,8-11,23H2,1-2H3,(H2,24,26)(H2,25,27)(H,28,31)(H,33,34,35). The van der Waals surface area contributed by atoms with Crippen LogP contribution in [0.3, 0.4) is 0 Å². The zero-order chi connectivity index (χ0) is 29.5. The van der Waals surface area contributed by atoms with Gasteiger partial charge in [0.2, 0.25) is 0 Å². The number of aromatic nitrogens is 1. The van der Waals surface area contributed by atoms with Crippen molar-refractivity contribution >= 4 is 50.2 Å². The van der Waals surface area contributed by atoms with Crippen molar-refractivity contribution in [2.75, 3.05) is 32.0 Å². The van der Waals surface area contributed by atoms with Crippen LogP contribution in [-0.4, -0.2) is 84.3 Å². The second-order valence-corrected chi connectivity index (χ2v) is 10.7. The minimum Gasteiger partial charge on any atom is -0.490 e. The van der Waals surface area contributed by atoms with E-state index in [-0.39, 0.29) is 29.8 Å². The maximum Gasteiger partial charge on any atom is 0.418 e. The normalized spacial score (nSPS) is 17.4. The fraction of sp³-hybridized carbons (Fsp3) is 0.409. The number of rotatable bonds is 14. The summed E-state index contributed by atoms with van der Waals surface area (Å²) in [6.07, 6.45) is 0.741. The van der Waals surface area contributed by atoms with Gasteiger partial charge in [-0.2, -0.15) is 13.5 Å². The molecule has 0 saturated carbocycles. The van der Waals surface area contributed by atoms with E-state index in [0.717, 1.165) is 23.3 Å². The van der Waals surface area contributed by atoms with Crippen molar-refractivity contribution in [3.05, 3.63) is 40.9 Å². The Balaban J connectivity index is 1.59. The van der Waals surface area contributed by atoms with Gasteiger partial charge in [-0.25, -0.2) is 4.98 Å². The van der Waals surface area contributed by atoms with Gasteiger partial charge in [-0.3, -0.25) is 19.1 Å². The Morgan fingerprint density at radius 3 is 2.55 bits per heavy atom. The summed E-state index contributed by atoms with van der Waals surface area (Å²) in [5, 5.41) is 8.38. The quantitative estimate of drug-likeness (QED) is 0.0457. The summed E-state index contributed by atoms with van der Waals surface area (Å²) in [5.74, 6) is -0.807. The number of β-lactam (4-membered cyclic amide) rings is 1. The number of hydroxylamine groups is 2. The van der Waals surface area contributed by atoms with Crippen LogP contribution in [-0.2, 0) is 29.1 Å². The predicted molar refractivity (Wildman–Crippen MR) is 146 cm³/mol. The van der Waals surface area contributed by atoms with Crippen LogP contribution in [0.5, 0.6) is 5.75 Å². The van der Waals surface area contributed by atoms with Crippen LogP contribution < -0.4 is 27.3 Å². The van der Waals surface area contributed by atoms with E-state index in [1.165, 1.54) is 19.2 Å². The Kier molecular flexibility index (Phi) is 9.98. The van der Waals surface area contributed by atoms with Crippen LogP contribution >= 0.6 is 11.3 Å². The van der Waals surface area contributed by atoms with Crippen LogP contribution in [0.4, 0.5) is 5.13 Å². The molecule has 2 heterocycles. The van der Waals surface area contributed by atoms with E-state index in [9.17, 15) is 18.0 Å². The molecular formula is C22H30N8O8S2. The smallest absolute Gasteiger partial charge is 0.418 e. The van der Waals surface area contributed by atoms with Gasteiger partial charge in [-0.1, -0.05) is 5.16 Å². The van der Waals surface area contributed by atoms with Crippen LogP contribution in [0.15, 0.2) is 39.8 Å². The number of carbonyl (C=O) groups is 2. The number of anilines is 1. The number of oxime groups is 1. The molecule has 0 bridgehead atoms. The maximum absolute atomic E-state index is 13.0. The van der Waals surface area contributed by atoms with Gasteiger partial charge in [0.25, 0.3) is 11.8 Å². The number of thiazole rings is 1. The van der Waals surface area contributed by atoms with E-state index in [4.69, 9.17) is 31.3 Å². The average molecular weight is 599 g/mol. The Bertz CT molecular complexity index is 1380. The molecular weight excluding hydrogens is 568 g/mol. The minimum absolute atomic E-state index is 0.0509. The number of hydrogen-bond acceptors (Lipinski definition) is 13. The number of nitrogen functional groups attached to an aromatic ring is 1. The predicted octanol–water partition coefficient (Wildman–Crippen LogP) is -0.581. The molecule has 0 radical (unpaired) electrons. The summed E-state index contributed by atoms with van der Waals surface area (Å²) in [5.41, 5.74) is 16.3. The van der Waals surface area contributed by atoms with Gasteiger partial charge in [-0.05, 0) is 51.1 Å². The third-order valence-corrected chi connectivity index (χ3v) is 6.51. The SMILES string of the molecule is CC1(C)C(NC(=O)C(=NOCCOc2ccc(C(N)=NCCCN)cc2)c2csc(N)n2)C(=O)N1OS(=O)(=O)O. The van der Waals surface area contributed by atoms with Crippen molar-refractivity contribution in [3.63, 3.8) is 0 Å². The lowest BCUT2D eigenvalue weighted by atomic mass is 9.84. The average Bonchev–Trinajstić information content (AvgIpc) is 3.33. The summed E-state index contributed by atoms with van der Waals surface area (Å²) in [4.78, 5) is 38.9. The number of aliphatic imine (C=N–C) groups is 1. The molecule has 2 amide bonds. The molecule has 1 saturated heterocycles. The summed E-state index contributed by atoms with van der Waals surface area (Å²) in [6, 6.07) is 5.75. The van der Waals surface area contributed by atoms with Crippen molar-refractivity contribution in [3.8, 4) is 5.75 Å². The molecule has 1 aromatic carbocycles. The van der Waals surface area contributed by atoms with Gasteiger partial charge in [0, 0.05) is 17.5 Å². The first-order valence-corrected chi connectivity index (χ1v) is 14.0. The molecule has 0 aliphatic carbocycles. The molecule has 16 nitrogen and oxygen atoms in total. The number of amides is 2. The number of amidine groups is 1. The first-order valence-electron chi connectivity index (χ1n) is 11.8. The van der Waals surface area contributed by atoms with Gasteiger partial charge in [0.1, 0.15) is 29.9 Å². The Morgan fingerprint density at radius 2 is 1.98 bits per heavy atom. The second-order valence-electron chi connectivity index (χ2n) is 8.82. The Labute approximate surface area is 234 Å². The number of nitrogens with two attached hydrogens (primary N) is 3. The molecule has 1 fully saturated rings. The van der Waals surface area contributed by atoms with Gasteiger partial charge >= 0.3 is 10.4 Å². The molecule has 3 rings (SSSR count). The Morgan fingerprint density at radius 1 is 1.27 bits per heavy atom. The fourth-order valence-corrected chi connectivity index (χ4v) is 4.43. The highest BCUT2D eigenvalue weighted by Gasteiger charge is 2.58. The topological polar surface area (TPSA) is 247 Å². The summed E-state index contributed by atoms with van der Waals surface area (Å²) in [6.45, 7) is 3.95. The van der Waals surface area contributed by atoms with Crippen LogP contribution in [0.1, 0.15) is 31.5 Å². The monoisotopic (exact) mass is 598 g/mol. The lowest BCUT2D eigenvalue weighted by Gasteiger charge is -2.50. The third-order valence-electron chi connectivity index (χ3n) is 5.49. The number of carbonyl (C=O) groups excluding carboxylic acids is 2. The lowest BCUT2D eigenvalue weighted by molar-refractivity contribution is -0.218. The zero-order valence-corrected chi connectivity index (χ0v) is 23.3. The molecule has 1 aliphatic heterocycles.